The van der Waals surface area contributed by atoms with E-state index in [0.717, 1.165) is 31.5 Å². The van der Waals surface area contributed by atoms with Crippen molar-refractivity contribution in [2.24, 2.45) is 0 Å². The van der Waals surface area contributed by atoms with Gasteiger partial charge in [-0.15, -0.1) is 0 Å². The molecule has 3 rings (SSSR count). The van der Waals surface area contributed by atoms with Gasteiger partial charge in [0.05, 0.1) is 0 Å². The highest BCUT2D eigenvalue weighted by Gasteiger charge is 2.21. The molecule has 1 saturated heterocycles. The third kappa shape index (κ3) is 3.57. The fourth-order valence-electron chi connectivity index (χ4n) is 2.72. The molecule has 0 saturated carbocycles. The Kier molecular flexibility index (Phi) is 4.81. The van der Waals surface area contributed by atoms with Gasteiger partial charge in [-0.25, -0.2) is 4.98 Å². The quantitative estimate of drug-likeness (QED) is 0.927. The first-order valence-electron chi connectivity index (χ1n) is 7.88. The van der Waals surface area contributed by atoms with Gasteiger partial charge in [-0.2, -0.15) is 0 Å². The molecule has 1 N–H and O–H groups in total. The second kappa shape index (κ2) is 7.01. The van der Waals surface area contributed by atoms with Gasteiger partial charge in [0.15, 0.2) is 0 Å². The van der Waals surface area contributed by atoms with Crippen LogP contribution in [0.15, 0.2) is 36.4 Å². The van der Waals surface area contributed by atoms with Gasteiger partial charge < -0.3 is 10.2 Å². The molecule has 1 aliphatic heterocycles. The van der Waals surface area contributed by atoms with Crippen LogP contribution in [0.4, 0.5) is 5.69 Å². The number of anilines is 1. The van der Waals surface area contributed by atoms with Crippen LogP contribution in [-0.4, -0.2) is 34.8 Å². The zero-order valence-electron chi connectivity index (χ0n) is 13.4. The Morgan fingerprint density at radius 2 is 1.83 bits per heavy atom. The Hall–Kier alpha value is -2.40. The van der Waals surface area contributed by atoms with E-state index in [2.05, 4.69) is 10.3 Å². The number of aromatic nitrogens is 1. The van der Waals surface area contributed by atoms with Gasteiger partial charge in [0.25, 0.3) is 11.8 Å². The summed E-state index contributed by atoms with van der Waals surface area (Å²) >= 11 is 5.92. The first kappa shape index (κ1) is 16.5. The summed E-state index contributed by atoms with van der Waals surface area (Å²) in [6.07, 6.45) is 2.03. The molecule has 0 atom stereocenters. The summed E-state index contributed by atoms with van der Waals surface area (Å²) in [5, 5.41) is 3.42. The average molecular weight is 344 g/mol. The third-order valence-electron chi connectivity index (χ3n) is 4.03. The fraction of sp³-hybridized carbons (Fsp3) is 0.278. The Balaban J connectivity index is 1.77. The lowest BCUT2D eigenvalue weighted by Crippen LogP contribution is -2.29. The summed E-state index contributed by atoms with van der Waals surface area (Å²) in [5.41, 5.74) is 2.05. The number of pyridine rings is 1. The first-order valence-corrected chi connectivity index (χ1v) is 8.26. The summed E-state index contributed by atoms with van der Waals surface area (Å²) in [6, 6.07) is 10.2. The maximum Gasteiger partial charge on any atom is 0.274 e. The van der Waals surface area contributed by atoms with Crippen molar-refractivity contribution < 1.29 is 9.59 Å². The van der Waals surface area contributed by atoms with Gasteiger partial charge in [0.1, 0.15) is 11.4 Å². The number of nitrogens with one attached hydrogen (secondary N) is 1. The molecule has 0 radical (unpaired) electrons. The number of carbonyl (C=O) groups excluding carboxylic acids is 2. The molecule has 1 fully saturated rings. The fourth-order valence-corrected chi connectivity index (χ4v) is 2.94. The van der Waals surface area contributed by atoms with Crippen LogP contribution in [0.5, 0.6) is 0 Å². The monoisotopic (exact) mass is 343 g/mol. The minimum absolute atomic E-state index is 0.121. The Bertz CT molecular complexity index is 786. The standard InChI is InChI=1S/C18H18ClN3O2/c1-12-11-13(19)7-8-14(12)21-17(23)15-5-4-6-16(20-15)18(24)22-9-2-3-10-22/h4-8,11H,2-3,9-10H2,1H3,(H,21,23). The third-order valence-corrected chi connectivity index (χ3v) is 4.27. The molecule has 124 valence electrons. The molecular formula is C18H18ClN3O2. The minimum Gasteiger partial charge on any atom is -0.337 e. The highest BCUT2D eigenvalue weighted by atomic mass is 35.5. The number of aryl methyl sites for hydroxylation is 1. The van der Waals surface area contributed by atoms with Crippen molar-refractivity contribution in [2.75, 3.05) is 18.4 Å². The molecule has 1 aromatic carbocycles. The summed E-state index contributed by atoms with van der Waals surface area (Å²) in [4.78, 5) is 30.8. The summed E-state index contributed by atoms with van der Waals surface area (Å²) < 4.78 is 0. The van der Waals surface area contributed by atoms with Gasteiger partial charge in [-0.1, -0.05) is 17.7 Å². The SMILES string of the molecule is Cc1cc(Cl)ccc1NC(=O)c1cccc(C(=O)N2CCCC2)n1. The van der Waals surface area contributed by atoms with Gasteiger partial charge in [0, 0.05) is 23.8 Å². The van der Waals surface area contributed by atoms with Crippen molar-refractivity contribution in [2.45, 2.75) is 19.8 Å². The van der Waals surface area contributed by atoms with Crippen molar-refractivity contribution in [3.05, 3.63) is 58.4 Å². The van der Waals surface area contributed by atoms with Crippen LogP contribution in [0.1, 0.15) is 39.4 Å². The van der Waals surface area contributed by atoms with E-state index in [9.17, 15) is 9.59 Å². The summed E-state index contributed by atoms with van der Waals surface area (Å²) in [6.45, 7) is 3.37. The van der Waals surface area contributed by atoms with Crippen molar-refractivity contribution >= 4 is 29.1 Å². The molecule has 1 aliphatic rings. The number of amides is 2. The number of nitrogens with zero attached hydrogens (tertiary/aromatic N) is 2. The van der Waals surface area contributed by atoms with Gasteiger partial charge in [-0.05, 0) is 55.7 Å². The molecule has 0 bridgehead atoms. The number of hydrogen-bond acceptors (Lipinski definition) is 3. The lowest BCUT2D eigenvalue weighted by atomic mass is 10.2. The number of likely N-dealkylation sites (tertiary alicyclic amines) is 1. The minimum atomic E-state index is -0.350. The molecule has 24 heavy (non-hydrogen) atoms. The molecule has 1 aromatic heterocycles. The zero-order chi connectivity index (χ0) is 17.1. The molecule has 0 unspecified atom stereocenters. The van der Waals surface area contributed by atoms with E-state index < -0.39 is 0 Å². The smallest absolute Gasteiger partial charge is 0.274 e. The van der Waals surface area contributed by atoms with Crippen LogP contribution in [0.25, 0.3) is 0 Å². The van der Waals surface area contributed by atoms with E-state index >= 15 is 0 Å². The molecule has 2 heterocycles. The molecular weight excluding hydrogens is 326 g/mol. The van der Waals surface area contributed by atoms with E-state index in [0.29, 0.717) is 16.4 Å². The van der Waals surface area contributed by atoms with E-state index in [1.165, 1.54) is 0 Å². The van der Waals surface area contributed by atoms with Crippen molar-refractivity contribution in [3.63, 3.8) is 0 Å². The number of hydrogen-bond donors (Lipinski definition) is 1. The van der Waals surface area contributed by atoms with Crippen LogP contribution in [0.2, 0.25) is 5.02 Å². The van der Waals surface area contributed by atoms with Crippen LogP contribution in [0, 0.1) is 6.92 Å². The molecule has 0 spiro atoms. The van der Waals surface area contributed by atoms with E-state index in [1.54, 1.807) is 41.3 Å². The number of benzene rings is 1. The van der Waals surface area contributed by atoms with E-state index in [1.807, 2.05) is 6.92 Å². The second-order valence-electron chi connectivity index (χ2n) is 5.82. The lowest BCUT2D eigenvalue weighted by Gasteiger charge is -2.15. The van der Waals surface area contributed by atoms with E-state index in [4.69, 9.17) is 11.6 Å². The molecule has 2 amide bonds. The maximum absolute atomic E-state index is 12.4. The number of halogens is 1. The van der Waals surface area contributed by atoms with Crippen LogP contribution in [0.3, 0.4) is 0 Å². The predicted octanol–water partition coefficient (Wildman–Crippen LogP) is 3.53. The second-order valence-corrected chi connectivity index (χ2v) is 6.26. The average Bonchev–Trinajstić information content (AvgIpc) is 3.11. The predicted molar refractivity (Wildman–Crippen MR) is 93.5 cm³/mol. The highest BCUT2D eigenvalue weighted by molar-refractivity contribution is 6.30. The molecule has 6 heteroatoms. The van der Waals surface area contributed by atoms with Gasteiger partial charge >= 0.3 is 0 Å². The van der Waals surface area contributed by atoms with Crippen molar-refractivity contribution in [1.29, 1.82) is 0 Å². The Labute approximate surface area is 145 Å². The largest absolute Gasteiger partial charge is 0.337 e. The summed E-state index contributed by atoms with van der Waals surface area (Å²) in [5.74, 6) is -0.471. The normalized spacial score (nSPS) is 13.8. The molecule has 0 aliphatic carbocycles. The van der Waals surface area contributed by atoms with Gasteiger partial charge in [0.2, 0.25) is 0 Å². The molecule has 5 nitrogen and oxygen atoms in total. The van der Waals surface area contributed by atoms with Crippen LogP contribution < -0.4 is 5.32 Å². The first-order chi connectivity index (χ1) is 11.5. The Morgan fingerprint density at radius 1 is 1.12 bits per heavy atom. The number of carbonyl (C=O) groups is 2. The summed E-state index contributed by atoms with van der Waals surface area (Å²) in [7, 11) is 0. The van der Waals surface area contributed by atoms with Crippen LogP contribution >= 0.6 is 11.6 Å². The van der Waals surface area contributed by atoms with Gasteiger partial charge in [-0.3, -0.25) is 9.59 Å². The van der Waals surface area contributed by atoms with E-state index in [-0.39, 0.29) is 17.5 Å². The van der Waals surface area contributed by atoms with Crippen molar-refractivity contribution in [1.82, 2.24) is 9.88 Å². The zero-order valence-corrected chi connectivity index (χ0v) is 14.1. The maximum atomic E-state index is 12.4. The lowest BCUT2D eigenvalue weighted by molar-refractivity contribution is 0.0787. The Morgan fingerprint density at radius 3 is 2.54 bits per heavy atom. The highest BCUT2D eigenvalue weighted by Crippen LogP contribution is 2.20. The number of rotatable bonds is 3. The van der Waals surface area contributed by atoms with Crippen molar-refractivity contribution in [3.8, 4) is 0 Å². The van der Waals surface area contributed by atoms with Crippen LogP contribution in [-0.2, 0) is 0 Å². The topological polar surface area (TPSA) is 62.3 Å². The molecule has 2 aromatic rings.